The van der Waals surface area contributed by atoms with Crippen LogP contribution in [0.25, 0.3) is 0 Å². The van der Waals surface area contributed by atoms with Crippen molar-refractivity contribution in [2.75, 3.05) is 27.3 Å². The summed E-state index contributed by atoms with van der Waals surface area (Å²) in [6.07, 6.45) is 3.49. The molecule has 0 spiro atoms. The van der Waals surface area contributed by atoms with E-state index in [0.717, 1.165) is 19.3 Å². The van der Waals surface area contributed by atoms with E-state index >= 15 is 0 Å². The summed E-state index contributed by atoms with van der Waals surface area (Å²) < 4.78 is 12.3. The average molecular weight is 497 g/mol. The molecule has 0 unspecified atom stereocenters. The van der Waals surface area contributed by atoms with Crippen LogP contribution < -0.4 is 25.3 Å². The Hall–Kier alpha value is -3.43. The maximum Gasteiger partial charge on any atom is 0.283 e. The van der Waals surface area contributed by atoms with Gasteiger partial charge in [-0.15, -0.1) is 11.3 Å². The van der Waals surface area contributed by atoms with Gasteiger partial charge in [0.2, 0.25) is 0 Å². The van der Waals surface area contributed by atoms with Crippen molar-refractivity contribution in [3.63, 3.8) is 0 Å². The van der Waals surface area contributed by atoms with E-state index in [1.165, 1.54) is 24.0 Å². The summed E-state index contributed by atoms with van der Waals surface area (Å²) in [4.78, 5) is 30.6. The van der Waals surface area contributed by atoms with Gasteiger partial charge in [0.05, 0.1) is 19.8 Å². The van der Waals surface area contributed by atoms with Gasteiger partial charge in [-0.2, -0.15) is 4.99 Å². The number of hydrogen-bond donors (Lipinski definition) is 2. The van der Waals surface area contributed by atoms with Crippen molar-refractivity contribution in [2.24, 2.45) is 10.7 Å². The molecule has 3 rings (SSSR count). The second-order valence-electron chi connectivity index (χ2n) is 7.88. The lowest BCUT2D eigenvalue weighted by molar-refractivity contribution is 0.0939. The van der Waals surface area contributed by atoms with E-state index in [1.54, 1.807) is 35.3 Å². The SMILES string of the molecule is COc1ccc(C(=O)N=c2scc(C(=O)NCCCCc3ccccc3)n2CCCN)c(OC)c1. The Balaban J connectivity index is 1.71. The average Bonchev–Trinajstić information content (AvgIpc) is 3.29. The summed E-state index contributed by atoms with van der Waals surface area (Å²) in [7, 11) is 3.03. The lowest BCUT2D eigenvalue weighted by Gasteiger charge is -2.10. The number of carbonyl (C=O) groups is 2. The number of nitrogens with two attached hydrogens (primary N) is 1. The lowest BCUT2D eigenvalue weighted by Crippen LogP contribution is -2.30. The minimum absolute atomic E-state index is 0.186. The molecule has 1 heterocycles. The molecule has 2 aromatic carbocycles. The van der Waals surface area contributed by atoms with Crippen molar-refractivity contribution in [3.05, 3.63) is 75.5 Å². The summed E-state index contributed by atoms with van der Waals surface area (Å²) in [6.45, 7) is 1.53. The Morgan fingerprint density at radius 1 is 1.06 bits per heavy atom. The third-order valence-electron chi connectivity index (χ3n) is 5.47. The molecular formula is C26H32N4O4S. The first-order chi connectivity index (χ1) is 17.1. The van der Waals surface area contributed by atoms with Crippen LogP contribution in [0.15, 0.2) is 58.9 Å². The van der Waals surface area contributed by atoms with Crippen molar-refractivity contribution >= 4 is 23.2 Å². The van der Waals surface area contributed by atoms with Crippen molar-refractivity contribution < 1.29 is 19.1 Å². The molecule has 1 aromatic heterocycles. The molecule has 0 aliphatic rings. The van der Waals surface area contributed by atoms with Gasteiger partial charge in [-0.05, 0) is 49.9 Å². The Morgan fingerprint density at radius 2 is 1.86 bits per heavy atom. The largest absolute Gasteiger partial charge is 0.497 e. The van der Waals surface area contributed by atoms with Gasteiger partial charge in [-0.25, -0.2) is 0 Å². The summed E-state index contributed by atoms with van der Waals surface area (Å²) in [6, 6.07) is 15.2. The second kappa shape index (κ2) is 13.5. The Kier molecular flexibility index (Phi) is 10.1. The Labute approximate surface area is 209 Å². The van der Waals surface area contributed by atoms with Crippen LogP contribution in [-0.4, -0.2) is 43.7 Å². The molecule has 2 amide bonds. The van der Waals surface area contributed by atoms with Crippen LogP contribution in [0.5, 0.6) is 11.5 Å². The number of nitrogens with one attached hydrogen (secondary N) is 1. The first kappa shape index (κ1) is 26.2. The van der Waals surface area contributed by atoms with Crippen LogP contribution in [-0.2, 0) is 13.0 Å². The third kappa shape index (κ3) is 7.27. The number of aryl methyl sites for hydroxylation is 1. The van der Waals surface area contributed by atoms with E-state index in [0.29, 0.717) is 53.6 Å². The molecule has 0 saturated carbocycles. The second-order valence-corrected chi connectivity index (χ2v) is 8.72. The third-order valence-corrected chi connectivity index (χ3v) is 6.34. The molecule has 9 heteroatoms. The van der Waals surface area contributed by atoms with Gasteiger partial charge in [0.25, 0.3) is 11.8 Å². The molecule has 0 saturated heterocycles. The number of aromatic nitrogens is 1. The van der Waals surface area contributed by atoms with Gasteiger partial charge in [0.15, 0.2) is 4.80 Å². The fourth-order valence-corrected chi connectivity index (χ4v) is 4.48. The standard InChI is InChI=1S/C26H32N4O4S/c1-33-20-12-13-21(23(17-20)34-2)24(31)29-26-30(16-8-14-27)22(18-35-26)25(32)28-15-7-6-11-19-9-4-3-5-10-19/h3-5,9-10,12-13,17-18H,6-8,11,14-16,27H2,1-2H3,(H,28,32). The van der Waals surface area contributed by atoms with E-state index in [4.69, 9.17) is 15.2 Å². The van der Waals surface area contributed by atoms with E-state index in [2.05, 4.69) is 22.4 Å². The number of ether oxygens (including phenoxy) is 2. The van der Waals surface area contributed by atoms with E-state index < -0.39 is 5.91 Å². The molecule has 186 valence electrons. The van der Waals surface area contributed by atoms with Gasteiger partial charge in [0.1, 0.15) is 17.2 Å². The molecule has 3 aromatic rings. The molecule has 0 bridgehead atoms. The predicted octanol–water partition coefficient (Wildman–Crippen LogP) is 3.41. The highest BCUT2D eigenvalue weighted by Crippen LogP contribution is 2.25. The molecule has 0 radical (unpaired) electrons. The number of hydrogen-bond acceptors (Lipinski definition) is 6. The summed E-state index contributed by atoms with van der Waals surface area (Å²) >= 11 is 1.25. The van der Waals surface area contributed by atoms with Gasteiger partial charge < -0.3 is 25.1 Å². The minimum Gasteiger partial charge on any atom is -0.497 e. The Bertz CT molecular complexity index is 1190. The molecule has 3 N–H and O–H groups in total. The van der Waals surface area contributed by atoms with Crippen LogP contribution in [0.2, 0.25) is 0 Å². The number of nitrogens with zero attached hydrogens (tertiary/aromatic N) is 2. The normalized spacial score (nSPS) is 11.3. The predicted molar refractivity (Wildman–Crippen MR) is 137 cm³/mol. The lowest BCUT2D eigenvalue weighted by atomic mass is 10.1. The zero-order valence-corrected chi connectivity index (χ0v) is 21.0. The van der Waals surface area contributed by atoms with E-state index in [9.17, 15) is 9.59 Å². The monoisotopic (exact) mass is 496 g/mol. The fraction of sp³-hybridized carbons (Fsp3) is 0.346. The molecule has 0 aliphatic heterocycles. The van der Waals surface area contributed by atoms with Crippen LogP contribution in [0.3, 0.4) is 0 Å². The summed E-state index contributed by atoms with van der Waals surface area (Å²) in [5, 5.41) is 4.72. The maximum atomic E-state index is 12.9. The molecular weight excluding hydrogens is 464 g/mol. The van der Waals surface area contributed by atoms with Crippen LogP contribution in [0.4, 0.5) is 0 Å². The number of amides is 2. The highest BCUT2D eigenvalue weighted by atomic mass is 32.1. The van der Waals surface area contributed by atoms with Crippen molar-refractivity contribution in [2.45, 2.75) is 32.2 Å². The van der Waals surface area contributed by atoms with Gasteiger partial charge in [-0.1, -0.05) is 30.3 Å². The summed E-state index contributed by atoms with van der Waals surface area (Å²) in [5.41, 5.74) is 7.78. The van der Waals surface area contributed by atoms with Crippen LogP contribution in [0, 0.1) is 0 Å². The molecule has 0 aliphatic carbocycles. The van der Waals surface area contributed by atoms with Crippen molar-refractivity contribution in [3.8, 4) is 11.5 Å². The number of benzene rings is 2. The van der Waals surface area contributed by atoms with Crippen molar-refractivity contribution in [1.29, 1.82) is 0 Å². The van der Waals surface area contributed by atoms with Gasteiger partial charge in [0, 0.05) is 24.5 Å². The van der Waals surface area contributed by atoms with Gasteiger partial charge >= 0.3 is 0 Å². The minimum atomic E-state index is -0.458. The van der Waals surface area contributed by atoms with E-state index in [1.807, 2.05) is 18.2 Å². The number of carbonyl (C=O) groups excluding carboxylic acids is 2. The number of rotatable bonds is 12. The number of thiazole rings is 1. The first-order valence-electron chi connectivity index (χ1n) is 11.6. The maximum absolute atomic E-state index is 12.9. The smallest absolute Gasteiger partial charge is 0.283 e. The van der Waals surface area contributed by atoms with Crippen LogP contribution in [0.1, 0.15) is 45.7 Å². The van der Waals surface area contributed by atoms with E-state index in [-0.39, 0.29) is 5.91 Å². The van der Waals surface area contributed by atoms with Crippen LogP contribution >= 0.6 is 11.3 Å². The van der Waals surface area contributed by atoms with Crippen molar-refractivity contribution in [1.82, 2.24) is 9.88 Å². The molecule has 0 atom stereocenters. The fourth-order valence-electron chi connectivity index (χ4n) is 3.58. The number of unbranched alkanes of at least 4 members (excludes halogenated alkanes) is 1. The van der Waals surface area contributed by atoms with Gasteiger partial charge in [-0.3, -0.25) is 9.59 Å². The quantitative estimate of drug-likeness (QED) is 0.374. The summed E-state index contributed by atoms with van der Waals surface area (Å²) in [5.74, 6) is 0.307. The highest BCUT2D eigenvalue weighted by molar-refractivity contribution is 7.07. The Morgan fingerprint density at radius 3 is 2.57 bits per heavy atom. The molecule has 0 fully saturated rings. The first-order valence-corrected chi connectivity index (χ1v) is 12.5. The highest BCUT2D eigenvalue weighted by Gasteiger charge is 2.16. The molecule has 35 heavy (non-hydrogen) atoms. The zero-order valence-electron chi connectivity index (χ0n) is 20.2. The topological polar surface area (TPSA) is 108 Å². The zero-order chi connectivity index (χ0) is 25.0. The molecule has 8 nitrogen and oxygen atoms in total. The number of methoxy groups -OCH3 is 2.